The van der Waals surface area contributed by atoms with E-state index in [2.05, 4.69) is 18.7 Å². The van der Waals surface area contributed by atoms with Crippen LogP contribution in [0.4, 0.5) is 0 Å². The molecule has 94 valence electrons. The third-order valence-corrected chi connectivity index (χ3v) is 4.07. The largest absolute Gasteiger partial charge is 0.478 e. The molecule has 1 saturated heterocycles. The Labute approximate surface area is 105 Å². The molecule has 0 aromatic carbocycles. The second kappa shape index (κ2) is 5.14. The van der Waals surface area contributed by atoms with Gasteiger partial charge in [-0.2, -0.15) is 11.8 Å². The summed E-state index contributed by atoms with van der Waals surface area (Å²) >= 11 is 1.98. The molecule has 5 heteroatoms. The summed E-state index contributed by atoms with van der Waals surface area (Å²) in [7, 11) is 0. The number of thioether (sulfide) groups is 1. The Hall–Kier alpha value is -0.940. The quantitative estimate of drug-likeness (QED) is 0.898. The lowest BCUT2D eigenvalue weighted by Gasteiger charge is -2.34. The van der Waals surface area contributed by atoms with Crippen molar-refractivity contribution in [1.82, 2.24) is 4.90 Å². The molecule has 1 N–H and O–H groups in total. The van der Waals surface area contributed by atoms with Gasteiger partial charge in [-0.15, -0.1) is 0 Å². The predicted octanol–water partition coefficient (Wildman–Crippen LogP) is 2.30. The maximum Gasteiger partial charge on any atom is 0.339 e. The van der Waals surface area contributed by atoms with E-state index in [1.807, 2.05) is 11.8 Å². The van der Waals surface area contributed by atoms with Crippen molar-refractivity contribution >= 4 is 17.7 Å². The van der Waals surface area contributed by atoms with Crippen LogP contribution in [0.5, 0.6) is 0 Å². The maximum absolute atomic E-state index is 11.0. The van der Waals surface area contributed by atoms with Crippen LogP contribution in [-0.2, 0) is 6.54 Å². The highest BCUT2D eigenvalue weighted by Crippen LogP contribution is 2.26. The van der Waals surface area contributed by atoms with E-state index in [0.717, 1.165) is 13.1 Å². The Bertz CT molecular complexity index is 394. The van der Waals surface area contributed by atoms with E-state index in [-0.39, 0.29) is 5.56 Å². The van der Waals surface area contributed by atoms with Crippen LogP contribution in [0, 0.1) is 0 Å². The zero-order chi connectivity index (χ0) is 12.4. The SMILES string of the molecule is CC1CN(Cc2occc2C(=O)O)CC(C)S1. The summed E-state index contributed by atoms with van der Waals surface area (Å²) in [6.45, 7) is 6.95. The highest BCUT2D eigenvalue weighted by atomic mass is 32.2. The zero-order valence-corrected chi connectivity index (χ0v) is 10.9. The molecule has 0 amide bonds. The number of furan rings is 1. The van der Waals surface area contributed by atoms with E-state index in [9.17, 15) is 4.79 Å². The van der Waals surface area contributed by atoms with Crippen molar-refractivity contribution in [2.24, 2.45) is 0 Å². The number of nitrogens with zero attached hydrogens (tertiary/aromatic N) is 1. The summed E-state index contributed by atoms with van der Waals surface area (Å²) in [5.41, 5.74) is 0.281. The van der Waals surface area contributed by atoms with Crippen LogP contribution >= 0.6 is 11.8 Å². The Morgan fingerprint density at radius 3 is 2.76 bits per heavy atom. The molecule has 1 aromatic heterocycles. The molecule has 0 spiro atoms. The number of hydrogen-bond acceptors (Lipinski definition) is 4. The highest BCUT2D eigenvalue weighted by molar-refractivity contribution is 8.00. The summed E-state index contributed by atoms with van der Waals surface area (Å²) in [4.78, 5) is 13.2. The summed E-state index contributed by atoms with van der Waals surface area (Å²) in [6.07, 6.45) is 1.45. The van der Waals surface area contributed by atoms with Gasteiger partial charge in [0.2, 0.25) is 0 Å². The van der Waals surface area contributed by atoms with Crippen molar-refractivity contribution in [2.45, 2.75) is 30.9 Å². The van der Waals surface area contributed by atoms with Gasteiger partial charge in [0.05, 0.1) is 12.8 Å². The van der Waals surface area contributed by atoms with E-state index in [4.69, 9.17) is 9.52 Å². The van der Waals surface area contributed by atoms with Crippen molar-refractivity contribution in [2.75, 3.05) is 13.1 Å². The molecule has 0 bridgehead atoms. The van der Waals surface area contributed by atoms with Gasteiger partial charge in [0.1, 0.15) is 11.3 Å². The first-order chi connectivity index (χ1) is 8.06. The summed E-state index contributed by atoms with van der Waals surface area (Å²) in [5, 5.41) is 10.2. The smallest absolute Gasteiger partial charge is 0.339 e. The summed E-state index contributed by atoms with van der Waals surface area (Å²) < 4.78 is 5.27. The lowest BCUT2D eigenvalue weighted by Crippen LogP contribution is -2.39. The number of rotatable bonds is 3. The molecule has 1 aliphatic rings. The first-order valence-electron chi connectivity index (χ1n) is 5.73. The molecule has 1 aromatic rings. The third kappa shape index (κ3) is 3.04. The molecule has 1 aliphatic heterocycles. The van der Waals surface area contributed by atoms with Crippen LogP contribution in [0.1, 0.15) is 30.0 Å². The van der Waals surface area contributed by atoms with Gasteiger partial charge in [0, 0.05) is 23.6 Å². The van der Waals surface area contributed by atoms with E-state index in [1.54, 1.807) is 0 Å². The Kier molecular flexibility index (Phi) is 3.79. The average molecular weight is 255 g/mol. The highest BCUT2D eigenvalue weighted by Gasteiger charge is 2.24. The fraction of sp³-hybridized carbons (Fsp3) is 0.583. The van der Waals surface area contributed by atoms with Crippen molar-refractivity contribution in [3.05, 3.63) is 23.7 Å². The van der Waals surface area contributed by atoms with Gasteiger partial charge in [0.25, 0.3) is 0 Å². The molecule has 0 radical (unpaired) electrons. The van der Waals surface area contributed by atoms with E-state index in [0.29, 0.717) is 22.8 Å². The minimum atomic E-state index is -0.916. The van der Waals surface area contributed by atoms with Gasteiger partial charge in [-0.05, 0) is 6.07 Å². The first-order valence-corrected chi connectivity index (χ1v) is 6.68. The number of carboxylic acid groups (broad SMARTS) is 1. The molecule has 17 heavy (non-hydrogen) atoms. The fourth-order valence-electron chi connectivity index (χ4n) is 2.27. The monoisotopic (exact) mass is 255 g/mol. The van der Waals surface area contributed by atoms with Crippen LogP contribution in [0.25, 0.3) is 0 Å². The average Bonchev–Trinajstić information content (AvgIpc) is 2.63. The molecule has 2 rings (SSSR count). The van der Waals surface area contributed by atoms with Crippen LogP contribution in [0.15, 0.2) is 16.7 Å². The zero-order valence-electron chi connectivity index (χ0n) is 10.0. The second-order valence-corrected chi connectivity index (χ2v) is 6.40. The molecular weight excluding hydrogens is 238 g/mol. The van der Waals surface area contributed by atoms with Crippen LogP contribution < -0.4 is 0 Å². The lowest BCUT2D eigenvalue weighted by molar-refractivity contribution is 0.0692. The molecule has 1 fully saturated rings. The molecule has 0 aliphatic carbocycles. The van der Waals surface area contributed by atoms with Crippen molar-refractivity contribution < 1.29 is 14.3 Å². The lowest BCUT2D eigenvalue weighted by atomic mass is 10.2. The predicted molar refractivity (Wildman–Crippen MR) is 67.5 cm³/mol. The molecular formula is C12H17NO3S. The summed E-state index contributed by atoms with van der Waals surface area (Å²) in [5.74, 6) is -0.356. The molecule has 2 atom stereocenters. The van der Waals surface area contributed by atoms with Crippen LogP contribution in [-0.4, -0.2) is 39.6 Å². The third-order valence-electron chi connectivity index (χ3n) is 2.84. The molecule has 2 unspecified atom stereocenters. The maximum atomic E-state index is 11.0. The van der Waals surface area contributed by atoms with Gasteiger partial charge < -0.3 is 9.52 Å². The molecule has 0 saturated carbocycles. The Morgan fingerprint density at radius 2 is 2.18 bits per heavy atom. The van der Waals surface area contributed by atoms with E-state index < -0.39 is 5.97 Å². The molecule has 4 nitrogen and oxygen atoms in total. The standard InChI is InChI=1S/C12H17NO3S/c1-8-5-13(6-9(2)17-8)7-11-10(12(14)15)3-4-16-11/h3-4,8-9H,5-7H2,1-2H3,(H,14,15). The van der Waals surface area contributed by atoms with Gasteiger partial charge >= 0.3 is 5.97 Å². The first kappa shape index (κ1) is 12.5. The summed E-state index contributed by atoms with van der Waals surface area (Å²) in [6, 6.07) is 1.52. The van der Waals surface area contributed by atoms with Crippen molar-refractivity contribution in [1.29, 1.82) is 0 Å². The van der Waals surface area contributed by atoms with Crippen LogP contribution in [0.3, 0.4) is 0 Å². The fourth-order valence-corrected chi connectivity index (χ4v) is 3.66. The van der Waals surface area contributed by atoms with Gasteiger partial charge in [-0.1, -0.05) is 13.8 Å². The Balaban J connectivity index is 2.05. The number of carbonyl (C=O) groups is 1. The van der Waals surface area contributed by atoms with E-state index >= 15 is 0 Å². The minimum Gasteiger partial charge on any atom is -0.478 e. The number of aromatic carboxylic acids is 1. The van der Waals surface area contributed by atoms with Gasteiger partial charge in [0.15, 0.2) is 0 Å². The minimum absolute atomic E-state index is 0.281. The van der Waals surface area contributed by atoms with Gasteiger partial charge in [-0.3, -0.25) is 4.90 Å². The van der Waals surface area contributed by atoms with Crippen molar-refractivity contribution in [3.63, 3.8) is 0 Å². The Morgan fingerprint density at radius 1 is 1.53 bits per heavy atom. The van der Waals surface area contributed by atoms with Crippen LogP contribution in [0.2, 0.25) is 0 Å². The normalized spacial score (nSPS) is 26.0. The van der Waals surface area contributed by atoms with E-state index in [1.165, 1.54) is 12.3 Å². The number of hydrogen-bond donors (Lipinski definition) is 1. The number of carboxylic acids is 1. The van der Waals surface area contributed by atoms with Crippen molar-refractivity contribution in [3.8, 4) is 0 Å². The van der Waals surface area contributed by atoms with Gasteiger partial charge in [-0.25, -0.2) is 4.79 Å². The topological polar surface area (TPSA) is 53.7 Å². The second-order valence-electron chi connectivity index (χ2n) is 4.51. The molecule has 2 heterocycles.